The SMILES string of the molecule is CN(CCOc1ccccc1)C(=O)c1ccn(C2CCCNC2)n1. The summed E-state index contributed by atoms with van der Waals surface area (Å²) in [5.74, 6) is 0.738. The van der Waals surface area contributed by atoms with Crippen LogP contribution in [0.4, 0.5) is 0 Å². The van der Waals surface area contributed by atoms with Gasteiger partial charge >= 0.3 is 0 Å². The highest BCUT2D eigenvalue weighted by atomic mass is 16.5. The van der Waals surface area contributed by atoms with Gasteiger partial charge in [0.05, 0.1) is 12.6 Å². The molecule has 1 fully saturated rings. The molecule has 1 N–H and O–H groups in total. The van der Waals surface area contributed by atoms with Crippen LogP contribution in [0, 0.1) is 0 Å². The van der Waals surface area contributed by atoms with Crippen molar-refractivity contribution in [1.82, 2.24) is 20.0 Å². The molecule has 128 valence electrons. The number of ether oxygens (including phenoxy) is 1. The first-order valence-electron chi connectivity index (χ1n) is 8.43. The quantitative estimate of drug-likeness (QED) is 0.881. The lowest BCUT2D eigenvalue weighted by Crippen LogP contribution is -2.33. The highest BCUT2D eigenvalue weighted by Gasteiger charge is 2.19. The van der Waals surface area contributed by atoms with Crippen LogP contribution < -0.4 is 10.1 Å². The normalized spacial score (nSPS) is 17.5. The summed E-state index contributed by atoms with van der Waals surface area (Å²) >= 11 is 0. The molecule has 2 aromatic rings. The summed E-state index contributed by atoms with van der Waals surface area (Å²) in [5.41, 5.74) is 0.489. The minimum atomic E-state index is -0.0748. The molecule has 1 aliphatic rings. The number of benzene rings is 1. The predicted octanol–water partition coefficient (Wildman–Crippen LogP) is 1.96. The molecular weight excluding hydrogens is 304 g/mol. The fourth-order valence-corrected chi connectivity index (χ4v) is 2.83. The maximum Gasteiger partial charge on any atom is 0.274 e. The summed E-state index contributed by atoms with van der Waals surface area (Å²) < 4.78 is 7.55. The molecule has 1 saturated heterocycles. The van der Waals surface area contributed by atoms with Crippen molar-refractivity contribution in [3.8, 4) is 5.75 Å². The van der Waals surface area contributed by atoms with Crippen LogP contribution in [0.25, 0.3) is 0 Å². The Morgan fingerprint density at radius 3 is 2.96 bits per heavy atom. The summed E-state index contributed by atoms with van der Waals surface area (Å²) in [7, 11) is 1.78. The molecule has 6 nitrogen and oxygen atoms in total. The topological polar surface area (TPSA) is 59.4 Å². The fourth-order valence-electron chi connectivity index (χ4n) is 2.83. The Morgan fingerprint density at radius 1 is 1.38 bits per heavy atom. The van der Waals surface area contributed by atoms with E-state index in [2.05, 4.69) is 10.4 Å². The molecule has 1 aromatic heterocycles. The van der Waals surface area contributed by atoms with Crippen LogP contribution in [-0.2, 0) is 0 Å². The lowest BCUT2D eigenvalue weighted by molar-refractivity contribution is 0.0766. The third kappa shape index (κ3) is 4.14. The van der Waals surface area contributed by atoms with Crippen LogP contribution in [0.15, 0.2) is 42.6 Å². The van der Waals surface area contributed by atoms with E-state index in [1.54, 1.807) is 18.0 Å². The summed E-state index contributed by atoms with van der Waals surface area (Å²) in [6.45, 7) is 2.95. The number of likely N-dealkylation sites (N-methyl/N-ethyl adjacent to an activating group) is 1. The Morgan fingerprint density at radius 2 is 2.21 bits per heavy atom. The number of nitrogens with one attached hydrogen (secondary N) is 1. The van der Waals surface area contributed by atoms with Crippen molar-refractivity contribution in [1.29, 1.82) is 0 Å². The molecule has 0 spiro atoms. The van der Waals surface area contributed by atoms with Gasteiger partial charge in [0.15, 0.2) is 0 Å². The van der Waals surface area contributed by atoms with E-state index in [0.29, 0.717) is 24.9 Å². The van der Waals surface area contributed by atoms with Gasteiger partial charge in [0.1, 0.15) is 18.1 Å². The average molecular weight is 328 g/mol. The molecule has 0 saturated carbocycles. The maximum absolute atomic E-state index is 12.5. The van der Waals surface area contributed by atoms with Crippen LogP contribution in [0.3, 0.4) is 0 Å². The van der Waals surface area contributed by atoms with Gasteiger partial charge in [-0.25, -0.2) is 0 Å². The highest BCUT2D eigenvalue weighted by molar-refractivity contribution is 5.92. The molecule has 1 aromatic carbocycles. The highest BCUT2D eigenvalue weighted by Crippen LogP contribution is 2.16. The Kier molecular flexibility index (Phi) is 5.48. The smallest absolute Gasteiger partial charge is 0.274 e. The van der Waals surface area contributed by atoms with Gasteiger partial charge in [-0.3, -0.25) is 9.48 Å². The van der Waals surface area contributed by atoms with Crippen molar-refractivity contribution in [2.75, 3.05) is 33.3 Å². The molecule has 3 rings (SSSR count). The van der Waals surface area contributed by atoms with E-state index in [1.165, 1.54) is 0 Å². The van der Waals surface area contributed by atoms with Crippen LogP contribution in [0.2, 0.25) is 0 Å². The number of para-hydroxylation sites is 1. The number of piperidine rings is 1. The lowest BCUT2D eigenvalue weighted by Gasteiger charge is -2.23. The Balaban J connectivity index is 1.50. The molecule has 0 bridgehead atoms. The van der Waals surface area contributed by atoms with Gasteiger partial charge in [-0.05, 0) is 37.6 Å². The molecule has 0 radical (unpaired) electrons. The van der Waals surface area contributed by atoms with E-state index >= 15 is 0 Å². The zero-order valence-electron chi connectivity index (χ0n) is 14.0. The molecule has 0 aliphatic carbocycles. The number of carbonyl (C=O) groups is 1. The maximum atomic E-state index is 12.5. The van der Waals surface area contributed by atoms with Crippen LogP contribution in [0.1, 0.15) is 29.4 Å². The summed E-state index contributed by atoms with van der Waals surface area (Å²) in [5, 5.41) is 7.83. The average Bonchev–Trinajstić information content (AvgIpc) is 3.13. The Hall–Kier alpha value is -2.34. The standard InChI is InChI=1S/C18H24N4O2/c1-21(12-13-24-16-7-3-2-4-8-16)18(23)17-9-11-22(20-17)15-6-5-10-19-14-15/h2-4,7-9,11,15,19H,5-6,10,12-14H2,1H3. The molecule has 1 aliphatic heterocycles. The number of aromatic nitrogens is 2. The largest absolute Gasteiger partial charge is 0.492 e. The van der Waals surface area contributed by atoms with Gasteiger partial charge in [-0.15, -0.1) is 0 Å². The number of nitrogens with zero attached hydrogens (tertiary/aromatic N) is 3. The number of hydrogen-bond donors (Lipinski definition) is 1. The Bertz CT molecular complexity index is 650. The van der Waals surface area contributed by atoms with Crippen LogP contribution in [-0.4, -0.2) is 53.9 Å². The van der Waals surface area contributed by atoms with E-state index in [0.717, 1.165) is 31.7 Å². The van der Waals surface area contributed by atoms with Gasteiger partial charge in [0.25, 0.3) is 5.91 Å². The molecule has 1 atom stereocenters. The van der Waals surface area contributed by atoms with E-state index in [1.807, 2.05) is 41.2 Å². The molecule has 1 unspecified atom stereocenters. The van der Waals surface area contributed by atoms with Gasteiger partial charge in [-0.2, -0.15) is 5.10 Å². The molecule has 1 amide bonds. The minimum absolute atomic E-state index is 0.0748. The van der Waals surface area contributed by atoms with Crippen molar-refractivity contribution < 1.29 is 9.53 Å². The van der Waals surface area contributed by atoms with E-state index in [4.69, 9.17) is 4.74 Å². The predicted molar refractivity (Wildman–Crippen MR) is 92.3 cm³/mol. The Labute approximate surface area is 142 Å². The first kappa shape index (κ1) is 16.5. The number of rotatable bonds is 6. The van der Waals surface area contributed by atoms with E-state index in [9.17, 15) is 4.79 Å². The third-order valence-electron chi connectivity index (χ3n) is 4.26. The second-order valence-corrected chi connectivity index (χ2v) is 6.07. The summed E-state index contributed by atoms with van der Waals surface area (Å²) in [6, 6.07) is 11.7. The van der Waals surface area contributed by atoms with E-state index in [-0.39, 0.29) is 5.91 Å². The van der Waals surface area contributed by atoms with E-state index < -0.39 is 0 Å². The molecule has 24 heavy (non-hydrogen) atoms. The zero-order valence-corrected chi connectivity index (χ0v) is 14.0. The van der Waals surface area contributed by atoms with Crippen LogP contribution in [0.5, 0.6) is 5.75 Å². The second kappa shape index (κ2) is 7.97. The van der Waals surface area contributed by atoms with Gasteiger partial charge in [-0.1, -0.05) is 18.2 Å². The zero-order chi connectivity index (χ0) is 16.8. The monoisotopic (exact) mass is 328 g/mol. The lowest BCUT2D eigenvalue weighted by atomic mass is 10.1. The molecule has 6 heteroatoms. The first-order valence-corrected chi connectivity index (χ1v) is 8.43. The van der Waals surface area contributed by atoms with Crippen molar-refractivity contribution in [2.45, 2.75) is 18.9 Å². The third-order valence-corrected chi connectivity index (χ3v) is 4.26. The van der Waals surface area contributed by atoms with Crippen molar-refractivity contribution in [3.05, 3.63) is 48.3 Å². The van der Waals surface area contributed by atoms with Crippen molar-refractivity contribution >= 4 is 5.91 Å². The second-order valence-electron chi connectivity index (χ2n) is 6.07. The number of carbonyl (C=O) groups excluding carboxylic acids is 1. The van der Waals surface area contributed by atoms with Crippen LogP contribution >= 0.6 is 0 Å². The fraction of sp³-hybridized carbons (Fsp3) is 0.444. The van der Waals surface area contributed by atoms with Gasteiger partial charge < -0.3 is 15.0 Å². The molecular formula is C18H24N4O2. The summed E-state index contributed by atoms with van der Waals surface area (Å²) in [6.07, 6.45) is 4.15. The van der Waals surface area contributed by atoms with Crippen molar-refractivity contribution in [3.63, 3.8) is 0 Å². The van der Waals surface area contributed by atoms with Gasteiger partial charge in [0, 0.05) is 19.8 Å². The van der Waals surface area contributed by atoms with Crippen molar-refractivity contribution in [2.24, 2.45) is 0 Å². The number of hydrogen-bond acceptors (Lipinski definition) is 4. The first-order chi connectivity index (χ1) is 11.7. The molecule has 2 heterocycles. The van der Waals surface area contributed by atoms with Gasteiger partial charge in [0.2, 0.25) is 0 Å². The number of amides is 1. The summed E-state index contributed by atoms with van der Waals surface area (Å²) in [4.78, 5) is 14.1. The minimum Gasteiger partial charge on any atom is -0.492 e.